The third-order valence-electron chi connectivity index (χ3n) is 5.93. The van der Waals surface area contributed by atoms with Gasteiger partial charge in [0.1, 0.15) is 17.5 Å². The van der Waals surface area contributed by atoms with Crippen molar-refractivity contribution in [2.45, 2.75) is 63.8 Å². The van der Waals surface area contributed by atoms with Crippen LogP contribution < -0.4 is 4.74 Å². The number of ether oxygens (including phenoxy) is 3. The number of esters is 1. The summed E-state index contributed by atoms with van der Waals surface area (Å²) in [5.74, 6) is -2.67. The zero-order valence-electron chi connectivity index (χ0n) is 15.8. The molecule has 1 saturated heterocycles. The number of ketones is 1. The molecule has 1 heterocycles. The van der Waals surface area contributed by atoms with Crippen molar-refractivity contribution in [2.24, 2.45) is 11.8 Å². The second-order valence-electron chi connectivity index (χ2n) is 8.25. The molecule has 0 unspecified atom stereocenters. The zero-order valence-corrected chi connectivity index (χ0v) is 15.8. The maximum atomic E-state index is 13.3. The summed E-state index contributed by atoms with van der Waals surface area (Å²) in [4.78, 5) is 24.9. The van der Waals surface area contributed by atoms with E-state index in [1.165, 1.54) is 6.92 Å². The Morgan fingerprint density at radius 1 is 1.26 bits per heavy atom. The Morgan fingerprint density at radius 2 is 1.96 bits per heavy atom. The zero-order chi connectivity index (χ0) is 19.7. The van der Waals surface area contributed by atoms with Crippen LogP contribution in [0.4, 0.5) is 0 Å². The average molecular weight is 376 g/mol. The highest BCUT2D eigenvalue weighted by Gasteiger charge is 2.64. The number of aliphatic hydroxyl groups is 2. The van der Waals surface area contributed by atoms with E-state index in [1.807, 2.05) is 6.92 Å². The molecule has 4 rings (SSSR count). The van der Waals surface area contributed by atoms with Gasteiger partial charge in [0.25, 0.3) is 0 Å². The Kier molecular flexibility index (Phi) is 4.02. The number of carbonyl (C=O) groups is 2. The molecule has 1 aromatic rings. The van der Waals surface area contributed by atoms with Crippen molar-refractivity contribution in [2.75, 3.05) is 0 Å². The van der Waals surface area contributed by atoms with E-state index >= 15 is 0 Å². The summed E-state index contributed by atoms with van der Waals surface area (Å²) in [6.45, 7) is 6.63. The van der Waals surface area contributed by atoms with Crippen LogP contribution in [0.1, 0.15) is 50.0 Å². The van der Waals surface area contributed by atoms with Gasteiger partial charge >= 0.3 is 5.97 Å². The summed E-state index contributed by atoms with van der Waals surface area (Å²) >= 11 is 0. The van der Waals surface area contributed by atoms with Crippen LogP contribution in [-0.2, 0) is 19.9 Å². The van der Waals surface area contributed by atoms with Gasteiger partial charge in [0.2, 0.25) is 0 Å². The lowest BCUT2D eigenvalue weighted by molar-refractivity contribution is -0.386. The molecule has 0 amide bonds. The molecule has 6 atom stereocenters. The Labute approximate surface area is 157 Å². The normalized spacial score (nSPS) is 39.3. The predicted octanol–water partition coefficient (Wildman–Crippen LogP) is 1.53. The number of Topliss-reactive ketones (excluding diaryl/α,β-unsaturated/α-hetero) is 1. The third-order valence-corrected chi connectivity index (χ3v) is 5.93. The van der Waals surface area contributed by atoms with Crippen molar-refractivity contribution >= 4 is 11.8 Å². The minimum Gasteiger partial charge on any atom is -0.426 e. The quantitative estimate of drug-likeness (QED) is 0.566. The summed E-state index contributed by atoms with van der Waals surface area (Å²) < 4.78 is 17.5. The van der Waals surface area contributed by atoms with Crippen LogP contribution in [0.25, 0.3) is 0 Å². The van der Waals surface area contributed by atoms with Gasteiger partial charge < -0.3 is 24.4 Å². The molecule has 2 N–H and O–H groups in total. The predicted molar refractivity (Wildman–Crippen MR) is 93.1 cm³/mol. The minimum atomic E-state index is -1.11. The molecular weight excluding hydrogens is 352 g/mol. The maximum absolute atomic E-state index is 13.3. The minimum absolute atomic E-state index is 0.0950. The lowest BCUT2D eigenvalue weighted by Gasteiger charge is -2.59. The molecule has 1 aliphatic heterocycles. The van der Waals surface area contributed by atoms with Crippen molar-refractivity contribution < 1.29 is 34.0 Å². The average Bonchev–Trinajstić information content (AvgIpc) is 2.55. The molecule has 1 aromatic carbocycles. The van der Waals surface area contributed by atoms with E-state index in [2.05, 4.69) is 0 Å². The Morgan fingerprint density at radius 3 is 2.63 bits per heavy atom. The van der Waals surface area contributed by atoms with Gasteiger partial charge in [-0.1, -0.05) is 12.1 Å². The first kappa shape index (κ1) is 18.6. The molecule has 27 heavy (non-hydrogen) atoms. The lowest BCUT2D eigenvalue weighted by Crippen LogP contribution is -2.68. The topological polar surface area (TPSA) is 102 Å². The van der Waals surface area contributed by atoms with Crippen LogP contribution in [0.2, 0.25) is 0 Å². The van der Waals surface area contributed by atoms with Crippen molar-refractivity contribution in [1.29, 1.82) is 0 Å². The second kappa shape index (κ2) is 5.85. The summed E-state index contributed by atoms with van der Waals surface area (Å²) in [5.41, 5.74) is -0.0358. The van der Waals surface area contributed by atoms with E-state index in [0.717, 1.165) is 0 Å². The van der Waals surface area contributed by atoms with Gasteiger partial charge in [0.15, 0.2) is 11.6 Å². The smallest absolute Gasteiger partial charge is 0.308 e. The molecule has 0 bridgehead atoms. The largest absolute Gasteiger partial charge is 0.426 e. The number of rotatable bonds is 1. The molecule has 0 radical (unpaired) electrons. The van der Waals surface area contributed by atoms with Gasteiger partial charge in [0.05, 0.1) is 17.8 Å². The SMILES string of the molecule is CC(=O)Oc1cccc2c1C(=O)[C@@H]1C[C@@H](O)[C@H](O)[C@H]3OC(C)(C)O[C@@]2(C)[C@@H]31. The Bertz CT molecular complexity index is 817. The number of aliphatic hydroxyl groups excluding tert-OH is 2. The van der Waals surface area contributed by atoms with E-state index in [-0.39, 0.29) is 18.0 Å². The van der Waals surface area contributed by atoms with E-state index in [4.69, 9.17) is 14.2 Å². The molecule has 3 aliphatic rings. The first-order valence-corrected chi connectivity index (χ1v) is 9.15. The molecule has 0 spiro atoms. The highest BCUT2D eigenvalue weighted by Crippen LogP contribution is 2.57. The van der Waals surface area contributed by atoms with Crippen LogP contribution in [0.5, 0.6) is 5.75 Å². The lowest BCUT2D eigenvalue weighted by atomic mass is 9.58. The number of hydrogen-bond donors (Lipinski definition) is 2. The van der Waals surface area contributed by atoms with Crippen LogP contribution in [-0.4, -0.2) is 46.1 Å². The van der Waals surface area contributed by atoms with E-state index < -0.39 is 47.5 Å². The molecule has 7 heteroatoms. The summed E-state index contributed by atoms with van der Waals surface area (Å²) in [6.07, 6.45) is -2.85. The van der Waals surface area contributed by atoms with Crippen molar-refractivity contribution in [3.63, 3.8) is 0 Å². The first-order valence-electron chi connectivity index (χ1n) is 9.15. The van der Waals surface area contributed by atoms with Gasteiger partial charge in [0, 0.05) is 18.8 Å². The fourth-order valence-electron chi connectivity index (χ4n) is 5.11. The fourth-order valence-corrected chi connectivity index (χ4v) is 5.11. The van der Waals surface area contributed by atoms with E-state index in [0.29, 0.717) is 11.1 Å². The van der Waals surface area contributed by atoms with Crippen molar-refractivity contribution in [3.05, 3.63) is 29.3 Å². The summed E-state index contributed by atoms with van der Waals surface area (Å²) in [7, 11) is 0. The van der Waals surface area contributed by atoms with E-state index in [1.54, 1.807) is 32.0 Å². The molecule has 0 aromatic heterocycles. The van der Waals surface area contributed by atoms with Gasteiger partial charge in [-0.3, -0.25) is 9.59 Å². The summed E-state index contributed by atoms with van der Waals surface area (Å²) in [6, 6.07) is 5.08. The summed E-state index contributed by atoms with van der Waals surface area (Å²) in [5, 5.41) is 20.9. The van der Waals surface area contributed by atoms with Gasteiger partial charge in [-0.05, 0) is 38.8 Å². The molecule has 2 fully saturated rings. The van der Waals surface area contributed by atoms with Gasteiger partial charge in [-0.2, -0.15) is 0 Å². The molecule has 7 nitrogen and oxygen atoms in total. The number of carbonyl (C=O) groups excluding carboxylic acids is 2. The number of hydrogen-bond acceptors (Lipinski definition) is 7. The number of benzene rings is 1. The van der Waals surface area contributed by atoms with Crippen molar-refractivity contribution in [3.8, 4) is 5.75 Å². The fraction of sp³-hybridized carbons (Fsp3) is 0.600. The second-order valence-corrected chi connectivity index (χ2v) is 8.25. The highest BCUT2D eigenvalue weighted by atomic mass is 16.7. The van der Waals surface area contributed by atoms with Crippen LogP contribution in [0.3, 0.4) is 0 Å². The standard InChI is InChI=1S/C20H24O7/c1-9(21)25-13-7-5-6-11-14(13)16(23)10-8-12(22)17(24)18-15(10)20(11,4)27-19(2,3)26-18/h5-7,10,12,15,17-18,22,24H,8H2,1-4H3/t10-,12-,15-,17+,18+,20-/m1/s1. The van der Waals surface area contributed by atoms with E-state index in [9.17, 15) is 19.8 Å². The monoisotopic (exact) mass is 376 g/mol. The molecular formula is C20H24O7. The Balaban J connectivity index is 1.95. The number of fused-ring (bicyclic) bond motifs is 2. The van der Waals surface area contributed by atoms with Crippen molar-refractivity contribution in [1.82, 2.24) is 0 Å². The van der Waals surface area contributed by atoms with Crippen LogP contribution in [0, 0.1) is 11.8 Å². The van der Waals surface area contributed by atoms with Crippen LogP contribution in [0.15, 0.2) is 18.2 Å². The molecule has 2 aliphatic carbocycles. The molecule has 1 saturated carbocycles. The Hall–Kier alpha value is -1.80. The van der Waals surface area contributed by atoms with Crippen LogP contribution >= 0.6 is 0 Å². The van der Waals surface area contributed by atoms with Gasteiger partial charge in [-0.25, -0.2) is 0 Å². The maximum Gasteiger partial charge on any atom is 0.308 e. The highest BCUT2D eigenvalue weighted by molar-refractivity contribution is 6.04. The third kappa shape index (κ3) is 2.64. The van der Waals surface area contributed by atoms with Gasteiger partial charge in [-0.15, -0.1) is 0 Å². The molecule has 146 valence electrons. The first-order chi connectivity index (χ1) is 12.5.